The first-order valence-electron chi connectivity index (χ1n) is 7.11. The summed E-state index contributed by atoms with van der Waals surface area (Å²) >= 11 is 0. The van der Waals surface area contributed by atoms with E-state index in [0.717, 1.165) is 11.6 Å². The molecule has 1 nitrogen and oxygen atoms in total. The van der Waals surface area contributed by atoms with Gasteiger partial charge >= 0.3 is 0 Å². The molecule has 1 saturated carbocycles. The first-order valence-corrected chi connectivity index (χ1v) is 7.11. The average Bonchev–Trinajstić information content (AvgIpc) is 2.38. The normalized spacial score (nSPS) is 19.1. The molecular weight excluding hydrogens is 206 g/mol. The molecule has 0 spiro atoms. The minimum atomic E-state index is 0.678. The first-order chi connectivity index (χ1) is 8.25. The van der Waals surface area contributed by atoms with Crippen LogP contribution in [-0.2, 0) is 0 Å². The van der Waals surface area contributed by atoms with Gasteiger partial charge in [0.1, 0.15) is 0 Å². The van der Waals surface area contributed by atoms with Crippen molar-refractivity contribution in [2.75, 3.05) is 5.73 Å². The molecule has 0 aliphatic heterocycles. The second-order valence-electron chi connectivity index (χ2n) is 5.65. The molecule has 94 valence electrons. The van der Waals surface area contributed by atoms with Crippen LogP contribution in [0.1, 0.15) is 63.4 Å². The summed E-state index contributed by atoms with van der Waals surface area (Å²) in [7, 11) is 0. The summed E-state index contributed by atoms with van der Waals surface area (Å²) in [5.74, 6) is 1.68. The predicted molar refractivity (Wildman–Crippen MR) is 75.1 cm³/mol. The van der Waals surface area contributed by atoms with Gasteiger partial charge in [0.05, 0.1) is 0 Å². The Labute approximate surface area is 105 Å². The van der Waals surface area contributed by atoms with E-state index in [4.69, 9.17) is 5.73 Å². The summed E-state index contributed by atoms with van der Waals surface area (Å²) in [6.07, 6.45) is 10.1. The van der Waals surface area contributed by atoms with Crippen molar-refractivity contribution in [3.8, 4) is 0 Å². The van der Waals surface area contributed by atoms with Crippen molar-refractivity contribution in [2.24, 2.45) is 5.92 Å². The van der Waals surface area contributed by atoms with Crippen molar-refractivity contribution in [2.45, 2.75) is 57.8 Å². The zero-order chi connectivity index (χ0) is 12.1. The Hall–Kier alpha value is -0.980. The third-order valence-electron chi connectivity index (χ3n) is 4.24. The van der Waals surface area contributed by atoms with E-state index in [2.05, 4.69) is 19.1 Å². The molecule has 1 aliphatic carbocycles. The second kappa shape index (κ2) is 6.09. The summed E-state index contributed by atoms with van der Waals surface area (Å²) in [6, 6.07) is 8.40. The maximum absolute atomic E-state index is 5.72. The van der Waals surface area contributed by atoms with Gasteiger partial charge in [-0.3, -0.25) is 0 Å². The topological polar surface area (TPSA) is 26.0 Å². The zero-order valence-electron chi connectivity index (χ0n) is 11.0. The fourth-order valence-corrected chi connectivity index (χ4v) is 2.95. The van der Waals surface area contributed by atoms with Gasteiger partial charge in [-0.1, -0.05) is 51.2 Å². The Bertz CT molecular complexity index is 322. The average molecular weight is 231 g/mol. The maximum atomic E-state index is 5.72. The highest BCUT2D eigenvalue weighted by Gasteiger charge is 2.15. The van der Waals surface area contributed by atoms with Crippen LogP contribution in [0, 0.1) is 5.92 Å². The van der Waals surface area contributed by atoms with Crippen molar-refractivity contribution in [3.05, 3.63) is 29.8 Å². The largest absolute Gasteiger partial charge is 0.399 e. The van der Waals surface area contributed by atoms with Crippen LogP contribution < -0.4 is 5.73 Å². The Morgan fingerprint density at radius 3 is 2.41 bits per heavy atom. The molecule has 1 aromatic rings. The predicted octanol–water partition coefficient (Wildman–Crippen LogP) is 4.73. The van der Waals surface area contributed by atoms with Crippen LogP contribution in [0.2, 0.25) is 0 Å². The smallest absolute Gasteiger partial charge is 0.0314 e. The molecule has 1 fully saturated rings. The van der Waals surface area contributed by atoms with Crippen LogP contribution in [0.15, 0.2) is 24.3 Å². The van der Waals surface area contributed by atoms with Gasteiger partial charge in [-0.05, 0) is 42.4 Å². The zero-order valence-corrected chi connectivity index (χ0v) is 11.0. The van der Waals surface area contributed by atoms with Crippen molar-refractivity contribution < 1.29 is 0 Å². The molecular formula is C16H25N. The fraction of sp³-hybridized carbons (Fsp3) is 0.625. The highest BCUT2D eigenvalue weighted by atomic mass is 14.5. The molecule has 1 unspecified atom stereocenters. The van der Waals surface area contributed by atoms with Crippen LogP contribution in [0.5, 0.6) is 0 Å². The monoisotopic (exact) mass is 231 g/mol. The number of hydrogen-bond donors (Lipinski definition) is 1. The van der Waals surface area contributed by atoms with E-state index in [9.17, 15) is 0 Å². The third kappa shape index (κ3) is 3.76. The molecule has 0 amide bonds. The van der Waals surface area contributed by atoms with Gasteiger partial charge in [0.15, 0.2) is 0 Å². The molecule has 0 heterocycles. The van der Waals surface area contributed by atoms with Crippen LogP contribution in [-0.4, -0.2) is 0 Å². The number of benzene rings is 1. The van der Waals surface area contributed by atoms with Gasteiger partial charge in [-0.25, -0.2) is 0 Å². The lowest BCUT2D eigenvalue weighted by Gasteiger charge is -2.23. The van der Waals surface area contributed by atoms with Crippen LogP contribution in [0.3, 0.4) is 0 Å². The Balaban J connectivity index is 1.80. The molecule has 1 atom stereocenters. The van der Waals surface area contributed by atoms with E-state index in [1.807, 2.05) is 12.1 Å². The summed E-state index contributed by atoms with van der Waals surface area (Å²) in [5, 5.41) is 0. The van der Waals surface area contributed by atoms with Gasteiger partial charge in [0, 0.05) is 5.69 Å². The van der Waals surface area contributed by atoms with Gasteiger partial charge < -0.3 is 5.73 Å². The molecule has 0 aromatic heterocycles. The molecule has 1 aromatic carbocycles. The number of anilines is 1. The number of hydrogen-bond acceptors (Lipinski definition) is 1. The van der Waals surface area contributed by atoms with Gasteiger partial charge in [0.2, 0.25) is 0 Å². The lowest BCUT2D eigenvalue weighted by atomic mass is 9.83. The van der Waals surface area contributed by atoms with E-state index in [-0.39, 0.29) is 0 Å². The quantitative estimate of drug-likeness (QED) is 0.745. The molecule has 17 heavy (non-hydrogen) atoms. The Kier molecular flexibility index (Phi) is 4.47. The number of nitrogens with two attached hydrogens (primary N) is 1. The SMILES string of the molecule is CC(CCC1CCCCC1)c1ccc(N)cc1. The third-order valence-corrected chi connectivity index (χ3v) is 4.24. The minimum Gasteiger partial charge on any atom is -0.399 e. The fourth-order valence-electron chi connectivity index (χ4n) is 2.95. The van der Waals surface area contributed by atoms with Crippen molar-refractivity contribution in [3.63, 3.8) is 0 Å². The first kappa shape index (κ1) is 12.5. The summed E-state index contributed by atoms with van der Waals surface area (Å²) in [6.45, 7) is 2.34. The van der Waals surface area contributed by atoms with Gasteiger partial charge in [-0.15, -0.1) is 0 Å². The van der Waals surface area contributed by atoms with E-state index < -0.39 is 0 Å². The highest BCUT2D eigenvalue weighted by Crippen LogP contribution is 2.31. The number of rotatable bonds is 4. The lowest BCUT2D eigenvalue weighted by molar-refractivity contribution is 0.325. The molecule has 2 N–H and O–H groups in total. The van der Waals surface area contributed by atoms with Crippen molar-refractivity contribution in [1.82, 2.24) is 0 Å². The molecule has 0 saturated heterocycles. The van der Waals surface area contributed by atoms with E-state index in [1.165, 1.54) is 50.5 Å². The maximum Gasteiger partial charge on any atom is 0.0314 e. The van der Waals surface area contributed by atoms with Crippen LogP contribution in [0.25, 0.3) is 0 Å². The molecule has 1 aliphatic rings. The molecule has 0 bridgehead atoms. The lowest BCUT2D eigenvalue weighted by Crippen LogP contribution is -2.07. The Morgan fingerprint density at radius 2 is 1.76 bits per heavy atom. The van der Waals surface area contributed by atoms with Crippen LogP contribution >= 0.6 is 0 Å². The molecule has 1 heteroatoms. The van der Waals surface area contributed by atoms with E-state index in [0.29, 0.717) is 5.92 Å². The van der Waals surface area contributed by atoms with Gasteiger partial charge in [-0.2, -0.15) is 0 Å². The Morgan fingerprint density at radius 1 is 1.12 bits per heavy atom. The number of nitrogen functional groups attached to an aromatic ring is 1. The highest BCUT2D eigenvalue weighted by molar-refractivity contribution is 5.40. The standard InChI is InChI=1S/C16H25N/c1-13(15-9-11-16(17)12-10-15)7-8-14-5-3-2-4-6-14/h9-14H,2-8,17H2,1H3. The molecule has 2 rings (SSSR count). The van der Waals surface area contributed by atoms with Crippen LogP contribution in [0.4, 0.5) is 5.69 Å². The summed E-state index contributed by atoms with van der Waals surface area (Å²) < 4.78 is 0. The van der Waals surface area contributed by atoms with Crippen molar-refractivity contribution in [1.29, 1.82) is 0 Å². The second-order valence-corrected chi connectivity index (χ2v) is 5.65. The minimum absolute atomic E-state index is 0.678. The van der Waals surface area contributed by atoms with Crippen molar-refractivity contribution >= 4 is 5.69 Å². The van der Waals surface area contributed by atoms with Gasteiger partial charge in [0.25, 0.3) is 0 Å². The molecule has 0 radical (unpaired) electrons. The summed E-state index contributed by atoms with van der Waals surface area (Å²) in [5.41, 5.74) is 8.03. The van der Waals surface area contributed by atoms with E-state index in [1.54, 1.807) is 0 Å². The van der Waals surface area contributed by atoms with E-state index >= 15 is 0 Å². The summed E-state index contributed by atoms with van der Waals surface area (Å²) in [4.78, 5) is 0.